The number of amides is 1. The molecule has 0 spiro atoms. The normalized spacial score (nSPS) is 14.7. The number of carbonyl (C=O) groups excluding carboxylic acids is 1. The quantitative estimate of drug-likeness (QED) is 0.630. The fraction of sp³-hybridized carbons (Fsp3) is 0.462. The zero-order valence-corrected chi connectivity index (χ0v) is 12.1. The van der Waals surface area contributed by atoms with Gasteiger partial charge in [-0.15, -0.1) is 12.6 Å². The van der Waals surface area contributed by atoms with Gasteiger partial charge in [0.25, 0.3) is 5.91 Å². The standard InChI is InChI=1S/C13H16BrNOS/c14-12-6-5-10(17)8-11(12)13(16)15-7-1-2-9-3-4-9/h5-6,8-9,17H,1-4,7H2,(H,15,16). The van der Waals surface area contributed by atoms with Crippen LogP contribution in [0.25, 0.3) is 0 Å². The van der Waals surface area contributed by atoms with Gasteiger partial charge in [0, 0.05) is 15.9 Å². The van der Waals surface area contributed by atoms with E-state index in [0.717, 1.165) is 28.3 Å². The molecule has 1 aromatic carbocycles. The first-order valence-corrected chi connectivity index (χ1v) is 7.17. The van der Waals surface area contributed by atoms with Gasteiger partial charge in [0.05, 0.1) is 5.56 Å². The molecule has 1 aliphatic rings. The minimum atomic E-state index is -0.0245. The molecule has 2 rings (SSSR count). The summed E-state index contributed by atoms with van der Waals surface area (Å²) < 4.78 is 0.815. The molecular formula is C13H16BrNOS. The molecule has 1 fully saturated rings. The Labute approximate surface area is 116 Å². The molecule has 0 atom stereocenters. The molecule has 0 aliphatic heterocycles. The average Bonchev–Trinajstić information content (AvgIpc) is 3.11. The fourth-order valence-electron chi connectivity index (χ4n) is 1.78. The van der Waals surface area contributed by atoms with Crippen molar-refractivity contribution in [2.75, 3.05) is 6.54 Å². The van der Waals surface area contributed by atoms with Crippen LogP contribution in [0.5, 0.6) is 0 Å². The summed E-state index contributed by atoms with van der Waals surface area (Å²) in [6, 6.07) is 5.49. The van der Waals surface area contributed by atoms with Gasteiger partial charge in [0.2, 0.25) is 0 Å². The second-order valence-electron chi connectivity index (χ2n) is 4.51. The monoisotopic (exact) mass is 313 g/mol. The molecule has 0 aromatic heterocycles. The number of hydrogen-bond donors (Lipinski definition) is 2. The molecule has 92 valence electrons. The van der Waals surface area contributed by atoms with Crippen molar-refractivity contribution >= 4 is 34.5 Å². The third-order valence-corrected chi connectivity index (χ3v) is 3.94. The van der Waals surface area contributed by atoms with Gasteiger partial charge in [-0.05, 0) is 52.9 Å². The highest BCUT2D eigenvalue weighted by atomic mass is 79.9. The Bertz CT molecular complexity index is 418. The SMILES string of the molecule is O=C(NCCCC1CC1)c1cc(S)ccc1Br. The minimum absolute atomic E-state index is 0.0245. The van der Waals surface area contributed by atoms with E-state index in [2.05, 4.69) is 33.9 Å². The van der Waals surface area contributed by atoms with Crippen LogP contribution in [-0.4, -0.2) is 12.5 Å². The third kappa shape index (κ3) is 4.03. The molecule has 0 saturated heterocycles. The Morgan fingerprint density at radius 1 is 1.47 bits per heavy atom. The lowest BCUT2D eigenvalue weighted by Crippen LogP contribution is -2.24. The van der Waals surface area contributed by atoms with Gasteiger partial charge >= 0.3 is 0 Å². The lowest BCUT2D eigenvalue weighted by Gasteiger charge is -2.07. The first-order valence-electron chi connectivity index (χ1n) is 5.93. The molecule has 1 aromatic rings. The van der Waals surface area contributed by atoms with Crippen LogP contribution < -0.4 is 5.32 Å². The largest absolute Gasteiger partial charge is 0.352 e. The van der Waals surface area contributed by atoms with Crippen molar-refractivity contribution in [1.82, 2.24) is 5.32 Å². The Hall–Kier alpha value is -0.480. The molecule has 0 unspecified atom stereocenters. The first kappa shape index (κ1) is 13.0. The molecule has 1 aliphatic carbocycles. The number of halogens is 1. The number of thiol groups is 1. The molecule has 0 bridgehead atoms. The molecule has 1 N–H and O–H groups in total. The lowest BCUT2D eigenvalue weighted by atomic mass is 10.2. The van der Waals surface area contributed by atoms with Gasteiger partial charge in [0.15, 0.2) is 0 Å². The van der Waals surface area contributed by atoms with Crippen molar-refractivity contribution in [2.24, 2.45) is 5.92 Å². The minimum Gasteiger partial charge on any atom is -0.352 e. The van der Waals surface area contributed by atoms with Crippen LogP contribution in [0, 0.1) is 5.92 Å². The highest BCUT2D eigenvalue weighted by Gasteiger charge is 2.20. The Balaban J connectivity index is 1.82. The lowest BCUT2D eigenvalue weighted by molar-refractivity contribution is 0.0952. The highest BCUT2D eigenvalue weighted by Crippen LogP contribution is 2.33. The molecule has 4 heteroatoms. The van der Waals surface area contributed by atoms with Crippen LogP contribution in [0.15, 0.2) is 27.6 Å². The van der Waals surface area contributed by atoms with Crippen molar-refractivity contribution in [1.29, 1.82) is 0 Å². The summed E-state index contributed by atoms with van der Waals surface area (Å²) in [5.41, 5.74) is 0.656. The number of benzene rings is 1. The van der Waals surface area contributed by atoms with Gasteiger partial charge in [-0.1, -0.05) is 12.8 Å². The third-order valence-electron chi connectivity index (χ3n) is 2.97. The van der Waals surface area contributed by atoms with E-state index < -0.39 is 0 Å². The van der Waals surface area contributed by atoms with E-state index in [0.29, 0.717) is 5.56 Å². The molecule has 2 nitrogen and oxygen atoms in total. The molecule has 0 radical (unpaired) electrons. The van der Waals surface area contributed by atoms with Crippen molar-refractivity contribution in [3.63, 3.8) is 0 Å². The van der Waals surface area contributed by atoms with Gasteiger partial charge in [-0.25, -0.2) is 0 Å². The van der Waals surface area contributed by atoms with E-state index in [1.807, 2.05) is 12.1 Å². The van der Waals surface area contributed by atoms with Crippen LogP contribution in [0.2, 0.25) is 0 Å². The van der Waals surface area contributed by atoms with Crippen molar-refractivity contribution < 1.29 is 4.79 Å². The molecule has 0 heterocycles. The van der Waals surface area contributed by atoms with Crippen LogP contribution in [-0.2, 0) is 0 Å². The summed E-state index contributed by atoms with van der Waals surface area (Å²) in [6.07, 6.45) is 5.07. The maximum Gasteiger partial charge on any atom is 0.252 e. The van der Waals surface area contributed by atoms with E-state index in [-0.39, 0.29) is 5.91 Å². The second kappa shape index (κ2) is 5.91. The van der Waals surface area contributed by atoms with Crippen LogP contribution in [0.4, 0.5) is 0 Å². The first-order chi connectivity index (χ1) is 8.16. The smallest absolute Gasteiger partial charge is 0.252 e. The average molecular weight is 314 g/mol. The number of hydrogen-bond acceptors (Lipinski definition) is 2. The van der Waals surface area contributed by atoms with Crippen LogP contribution >= 0.6 is 28.6 Å². The summed E-state index contributed by atoms with van der Waals surface area (Å²) in [4.78, 5) is 12.7. The fourth-order valence-corrected chi connectivity index (χ4v) is 2.41. The predicted molar refractivity (Wildman–Crippen MR) is 75.7 cm³/mol. The summed E-state index contributed by atoms with van der Waals surface area (Å²) in [5, 5.41) is 2.95. The molecule has 17 heavy (non-hydrogen) atoms. The van der Waals surface area contributed by atoms with Crippen LogP contribution in [0.3, 0.4) is 0 Å². The van der Waals surface area contributed by atoms with E-state index >= 15 is 0 Å². The van der Waals surface area contributed by atoms with Gasteiger partial charge in [-0.2, -0.15) is 0 Å². The summed E-state index contributed by atoms with van der Waals surface area (Å²) in [5.74, 6) is 0.906. The zero-order valence-electron chi connectivity index (χ0n) is 9.58. The summed E-state index contributed by atoms with van der Waals surface area (Å²) in [7, 11) is 0. The van der Waals surface area contributed by atoms with Crippen molar-refractivity contribution in [2.45, 2.75) is 30.6 Å². The predicted octanol–water partition coefficient (Wildman–Crippen LogP) is 3.66. The highest BCUT2D eigenvalue weighted by molar-refractivity contribution is 9.10. The zero-order chi connectivity index (χ0) is 12.3. The Morgan fingerprint density at radius 3 is 2.94 bits per heavy atom. The Kier molecular flexibility index (Phi) is 4.51. The van der Waals surface area contributed by atoms with Crippen molar-refractivity contribution in [3.05, 3.63) is 28.2 Å². The maximum atomic E-state index is 11.9. The maximum absolute atomic E-state index is 11.9. The van der Waals surface area contributed by atoms with Crippen molar-refractivity contribution in [3.8, 4) is 0 Å². The van der Waals surface area contributed by atoms with E-state index in [9.17, 15) is 4.79 Å². The molecule has 1 amide bonds. The second-order valence-corrected chi connectivity index (χ2v) is 5.88. The van der Waals surface area contributed by atoms with E-state index in [4.69, 9.17) is 0 Å². The molecule has 1 saturated carbocycles. The van der Waals surface area contributed by atoms with Crippen LogP contribution in [0.1, 0.15) is 36.0 Å². The van der Waals surface area contributed by atoms with E-state index in [1.165, 1.54) is 19.3 Å². The number of rotatable bonds is 5. The van der Waals surface area contributed by atoms with Gasteiger partial charge in [-0.3, -0.25) is 4.79 Å². The number of nitrogens with one attached hydrogen (secondary N) is 1. The molecular weight excluding hydrogens is 298 g/mol. The topological polar surface area (TPSA) is 29.1 Å². The Morgan fingerprint density at radius 2 is 2.24 bits per heavy atom. The van der Waals surface area contributed by atoms with Gasteiger partial charge < -0.3 is 5.32 Å². The summed E-state index contributed by atoms with van der Waals surface area (Å²) >= 11 is 7.62. The number of carbonyl (C=O) groups is 1. The van der Waals surface area contributed by atoms with Gasteiger partial charge in [0.1, 0.15) is 0 Å². The summed E-state index contributed by atoms with van der Waals surface area (Å²) in [6.45, 7) is 0.762. The van der Waals surface area contributed by atoms with E-state index in [1.54, 1.807) is 6.07 Å².